The Hall–Kier alpha value is -3.09. The van der Waals surface area contributed by atoms with Gasteiger partial charge in [0.1, 0.15) is 5.82 Å². The van der Waals surface area contributed by atoms with Gasteiger partial charge in [-0.1, -0.05) is 41.4 Å². The van der Waals surface area contributed by atoms with Gasteiger partial charge in [-0.2, -0.15) is 0 Å². The zero-order valence-electron chi connectivity index (χ0n) is 15.9. The standard InChI is InChI=1S/C22H18Cl2FN3O2/c1-13-16(23)6-4-8-18(13)27-21(29)12-26-19-7-3-2-5-15(19)22(30)28-20-10-9-14(25)11-17(20)24/h2-11,26H,12H2,1H3,(H,27,29)(H,28,30). The molecule has 154 valence electrons. The highest BCUT2D eigenvalue weighted by Crippen LogP contribution is 2.25. The van der Waals surface area contributed by atoms with Crippen LogP contribution in [-0.4, -0.2) is 18.4 Å². The van der Waals surface area contributed by atoms with Gasteiger partial charge >= 0.3 is 0 Å². The molecule has 0 saturated heterocycles. The first-order valence-electron chi connectivity index (χ1n) is 8.99. The van der Waals surface area contributed by atoms with E-state index in [1.807, 2.05) is 6.92 Å². The van der Waals surface area contributed by atoms with Crippen molar-refractivity contribution < 1.29 is 14.0 Å². The van der Waals surface area contributed by atoms with Crippen LogP contribution < -0.4 is 16.0 Å². The third-order valence-electron chi connectivity index (χ3n) is 4.33. The minimum absolute atomic E-state index is 0.0620. The lowest BCUT2D eigenvalue weighted by molar-refractivity contribution is -0.114. The summed E-state index contributed by atoms with van der Waals surface area (Å²) in [4.78, 5) is 25.0. The Labute approximate surface area is 183 Å². The molecule has 0 saturated carbocycles. The van der Waals surface area contributed by atoms with Crippen LogP contribution in [0.1, 0.15) is 15.9 Å². The van der Waals surface area contributed by atoms with E-state index in [1.165, 1.54) is 12.1 Å². The molecule has 0 unspecified atom stereocenters. The number of nitrogens with one attached hydrogen (secondary N) is 3. The van der Waals surface area contributed by atoms with Gasteiger partial charge in [0.05, 0.1) is 22.8 Å². The van der Waals surface area contributed by atoms with E-state index < -0.39 is 11.7 Å². The second-order valence-electron chi connectivity index (χ2n) is 6.44. The number of rotatable bonds is 6. The fourth-order valence-corrected chi connectivity index (χ4v) is 3.12. The number of carbonyl (C=O) groups excluding carboxylic acids is 2. The first kappa shape index (κ1) is 21.6. The van der Waals surface area contributed by atoms with Gasteiger partial charge in [-0.15, -0.1) is 0 Å². The Bertz CT molecular complexity index is 1110. The summed E-state index contributed by atoms with van der Waals surface area (Å²) >= 11 is 12.0. The maximum Gasteiger partial charge on any atom is 0.257 e. The molecule has 3 rings (SSSR count). The van der Waals surface area contributed by atoms with Crippen molar-refractivity contribution in [2.24, 2.45) is 0 Å². The lowest BCUT2D eigenvalue weighted by Crippen LogP contribution is -2.23. The van der Waals surface area contributed by atoms with E-state index in [0.29, 0.717) is 22.0 Å². The molecule has 0 aliphatic heterocycles. The van der Waals surface area contributed by atoms with Gasteiger partial charge in [-0.25, -0.2) is 4.39 Å². The molecule has 0 radical (unpaired) electrons. The summed E-state index contributed by atoms with van der Waals surface area (Å²) in [6.07, 6.45) is 0. The Kier molecular flexibility index (Phi) is 6.92. The number of carbonyl (C=O) groups is 2. The largest absolute Gasteiger partial charge is 0.376 e. The Morgan fingerprint density at radius 2 is 1.60 bits per heavy atom. The van der Waals surface area contributed by atoms with Crippen molar-refractivity contribution in [2.75, 3.05) is 22.5 Å². The summed E-state index contributed by atoms with van der Waals surface area (Å²) in [6.45, 7) is 1.75. The molecule has 0 aromatic heterocycles. The van der Waals surface area contributed by atoms with E-state index in [-0.39, 0.29) is 23.2 Å². The molecule has 0 heterocycles. The van der Waals surface area contributed by atoms with Crippen LogP contribution in [0.25, 0.3) is 0 Å². The van der Waals surface area contributed by atoms with Crippen LogP contribution in [0.3, 0.4) is 0 Å². The molecule has 0 fully saturated rings. The maximum absolute atomic E-state index is 13.2. The predicted molar refractivity (Wildman–Crippen MR) is 119 cm³/mol. The number of anilines is 3. The molecule has 5 nitrogen and oxygen atoms in total. The number of para-hydroxylation sites is 1. The highest BCUT2D eigenvalue weighted by molar-refractivity contribution is 6.34. The summed E-state index contributed by atoms with van der Waals surface area (Å²) < 4.78 is 13.2. The molecular formula is C22H18Cl2FN3O2. The van der Waals surface area contributed by atoms with Crippen molar-refractivity contribution >= 4 is 52.1 Å². The van der Waals surface area contributed by atoms with E-state index in [2.05, 4.69) is 16.0 Å². The fourth-order valence-electron chi connectivity index (χ4n) is 2.73. The summed E-state index contributed by atoms with van der Waals surface area (Å²) in [5.74, 6) is -1.24. The van der Waals surface area contributed by atoms with E-state index in [9.17, 15) is 14.0 Å². The average Bonchev–Trinajstić information content (AvgIpc) is 2.72. The molecule has 0 aliphatic rings. The second-order valence-corrected chi connectivity index (χ2v) is 7.25. The maximum atomic E-state index is 13.2. The molecule has 2 amide bonds. The van der Waals surface area contributed by atoms with Crippen LogP contribution in [0, 0.1) is 12.7 Å². The van der Waals surface area contributed by atoms with Crippen LogP contribution in [0.2, 0.25) is 10.0 Å². The van der Waals surface area contributed by atoms with E-state index in [1.54, 1.807) is 42.5 Å². The molecule has 8 heteroatoms. The first-order chi connectivity index (χ1) is 14.3. The van der Waals surface area contributed by atoms with Crippen molar-refractivity contribution in [2.45, 2.75) is 6.92 Å². The lowest BCUT2D eigenvalue weighted by Gasteiger charge is -2.14. The molecule has 0 aliphatic carbocycles. The monoisotopic (exact) mass is 445 g/mol. The third kappa shape index (κ3) is 5.28. The molecule has 0 spiro atoms. The van der Waals surface area contributed by atoms with Crippen molar-refractivity contribution in [3.63, 3.8) is 0 Å². The van der Waals surface area contributed by atoms with Gasteiger partial charge in [0.25, 0.3) is 5.91 Å². The molecule has 3 aromatic rings. The number of benzene rings is 3. The Morgan fingerprint density at radius 1 is 0.867 bits per heavy atom. The van der Waals surface area contributed by atoms with Gasteiger partial charge in [0, 0.05) is 16.4 Å². The molecule has 30 heavy (non-hydrogen) atoms. The van der Waals surface area contributed by atoms with Gasteiger partial charge in [0.15, 0.2) is 0 Å². The fraction of sp³-hybridized carbons (Fsp3) is 0.0909. The predicted octanol–water partition coefficient (Wildman–Crippen LogP) is 5.74. The molecule has 3 aromatic carbocycles. The quantitative estimate of drug-likeness (QED) is 0.452. The normalized spacial score (nSPS) is 10.4. The van der Waals surface area contributed by atoms with Gasteiger partial charge in [0.2, 0.25) is 5.91 Å². The smallest absolute Gasteiger partial charge is 0.257 e. The van der Waals surface area contributed by atoms with E-state index in [4.69, 9.17) is 23.2 Å². The molecule has 3 N–H and O–H groups in total. The van der Waals surface area contributed by atoms with Crippen molar-refractivity contribution in [1.29, 1.82) is 0 Å². The number of halogens is 3. The van der Waals surface area contributed by atoms with Crippen LogP contribution in [0.15, 0.2) is 60.7 Å². The van der Waals surface area contributed by atoms with Crippen molar-refractivity contribution in [3.05, 3.63) is 87.7 Å². The van der Waals surface area contributed by atoms with Crippen LogP contribution in [0.4, 0.5) is 21.5 Å². The van der Waals surface area contributed by atoms with Crippen LogP contribution in [0.5, 0.6) is 0 Å². The van der Waals surface area contributed by atoms with Gasteiger partial charge in [-0.3, -0.25) is 9.59 Å². The second kappa shape index (κ2) is 9.61. The van der Waals surface area contributed by atoms with Gasteiger partial charge < -0.3 is 16.0 Å². The SMILES string of the molecule is Cc1c(Cl)cccc1NC(=O)CNc1ccccc1C(=O)Nc1ccc(F)cc1Cl. The highest BCUT2D eigenvalue weighted by atomic mass is 35.5. The van der Waals surface area contributed by atoms with E-state index >= 15 is 0 Å². The summed E-state index contributed by atoms with van der Waals surface area (Å²) in [7, 11) is 0. The topological polar surface area (TPSA) is 70.2 Å². The number of hydrogen-bond acceptors (Lipinski definition) is 3. The molecule has 0 atom stereocenters. The first-order valence-corrected chi connectivity index (χ1v) is 9.75. The average molecular weight is 446 g/mol. The number of amides is 2. The molecular weight excluding hydrogens is 428 g/mol. The highest BCUT2D eigenvalue weighted by Gasteiger charge is 2.14. The van der Waals surface area contributed by atoms with Gasteiger partial charge in [-0.05, 0) is 55.0 Å². The summed E-state index contributed by atoms with van der Waals surface area (Å²) in [5, 5.41) is 9.03. The Balaban J connectivity index is 1.68. The lowest BCUT2D eigenvalue weighted by atomic mass is 10.1. The minimum Gasteiger partial charge on any atom is -0.376 e. The summed E-state index contributed by atoms with van der Waals surface area (Å²) in [5.41, 5.74) is 2.44. The summed E-state index contributed by atoms with van der Waals surface area (Å²) in [6, 6.07) is 15.7. The number of hydrogen-bond donors (Lipinski definition) is 3. The third-order valence-corrected chi connectivity index (χ3v) is 5.05. The zero-order valence-corrected chi connectivity index (χ0v) is 17.4. The molecule has 0 bridgehead atoms. The van der Waals surface area contributed by atoms with Crippen molar-refractivity contribution in [1.82, 2.24) is 0 Å². The van der Waals surface area contributed by atoms with Crippen molar-refractivity contribution in [3.8, 4) is 0 Å². The zero-order chi connectivity index (χ0) is 21.7. The van der Waals surface area contributed by atoms with Crippen LogP contribution in [-0.2, 0) is 4.79 Å². The van der Waals surface area contributed by atoms with Crippen LogP contribution >= 0.6 is 23.2 Å². The van der Waals surface area contributed by atoms with E-state index in [0.717, 1.165) is 11.6 Å². The minimum atomic E-state index is -0.499. The Morgan fingerprint density at radius 3 is 2.37 bits per heavy atom.